The van der Waals surface area contributed by atoms with Crippen LogP contribution in [0.4, 0.5) is 14.9 Å². The lowest BCUT2D eigenvalue weighted by molar-refractivity contribution is -0.113. The highest BCUT2D eigenvalue weighted by Crippen LogP contribution is 2.40. The summed E-state index contributed by atoms with van der Waals surface area (Å²) in [7, 11) is 1.49. The van der Waals surface area contributed by atoms with Crippen LogP contribution in [0.5, 0.6) is 17.2 Å². The van der Waals surface area contributed by atoms with Gasteiger partial charge in [0.2, 0.25) is 0 Å². The molecule has 1 fully saturated rings. The summed E-state index contributed by atoms with van der Waals surface area (Å²) in [6.07, 6.45) is 1.65. The van der Waals surface area contributed by atoms with Crippen LogP contribution in [0.25, 0.3) is 6.08 Å². The second kappa shape index (κ2) is 10.4. The predicted molar refractivity (Wildman–Crippen MR) is 130 cm³/mol. The number of para-hydroxylation sites is 2. The largest absolute Gasteiger partial charge is 0.495 e. The van der Waals surface area contributed by atoms with E-state index in [0.717, 1.165) is 22.2 Å². The molecule has 1 heterocycles. The standard InChI is InChI=1S/C26H22FNO5S/c1-3-32-23-14-18(10-13-22(23)33-16-17-8-11-19(27)12-9-17)15-24-25(29)28(26(30)34-24)20-6-4-5-7-21(20)31-2/h4-15H,3,16H2,1-2H3/b24-15-. The number of rotatable bonds is 8. The van der Waals surface area contributed by atoms with Gasteiger partial charge in [0.25, 0.3) is 11.1 Å². The van der Waals surface area contributed by atoms with Crippen molar-refractivity contribution in [2.24, 2.45) is 0 Å². The minimum atomic E-state index is -0.422. The van der Waals surface area contributed by atoms with E-state index in [0.29, 0.717) is 40.0 Å². The SMILES string of the molecule is CCOc1cc(/C=C2\SC(=O)N(c3ccccc3OC)C2=O)ccc1OCc1ccc(F)cc1. The van der Waals surface area contributed by atoms with Gasteiger partial charge in [0.15, 0.2) is 11.5 Å². The molecule has 3 aromatic rings. The van der Waals surface area contributed by atoms with Crippen LogP contribution in [0.3, 0.4) is 0 Å². The van der Waals surface area contributed by atoms with Gasteiger partial charge in [0, 0.05) is 0 Å². The van der Waals surface area contributed by atoms with Crippen molar-refractivity contribution in [3.05, 3.63) is 88.6 Å². The van der Waals surface area contributed by atoms with Gasteiger partial charge in [-0.3, -0.25) is 9.59 Å². The van der Waals surface area contributed by atoms with Crippen molar-refractivity contribution < 1.29 is 28.2 Å². The third kappa shape index (κ3) is 5.07. The van der Waals surface area contributed by atoms with Gasteiger partial charge < -0.3 is 14.2 Å². The number of carbonyl (C=O) groups is 2. The number of benzene rings is 3. The fourth-order valence-electron chi connectivity index (χ4n) is 3.38. The Hall–Kier alpha value is -3.78. The molecular formula is C26H22FNO5S. The number of ether oxygens (including phenoxy) is 3. The van der Waals surface area contributed by atoms with Crippen LogP contribution in [-0.4, -0.2) is 24.9 Å². The van der Waals surface area contributed by atoms with Crippen LogP contribution in [0, 0.1) is 5.82 Å². The molecule has 174 valence electrons. The Balaban J connectivity index is 1.56. The van der Waals surface area contributed by atoms with Crippen LogP contribution in [0.15, 0.2) is 71.6 Å². The molecule has 0 aliphatic carbocycles. The lowest BCUT2D eigenvalue weighted by Gasteiger charge is -2.15. The highest BCUT2D eigenvalue weighted by molar-refractivity contribution is 8.19. The fraction of sp³-hybridized carbons (Fsp3) is 0.154. The molecule has 0 aromatic heterocycles. The zero-order valence-electron chi connectivity index (χ0n) is 18.6. The summed E-state index contributed by atoms with van der Waals surface area (Å²) in [4.78, 5) is 27.0. The Kier molecular flexibility index (Phi) is 7.18. The van der Waals surface area contributed by atoms with Crippen molar-refractivity contribution in [2.75, 3.05) is 18.6 Å². The maximum Gasteiger partial charge on any atom is 0.298 e. The summed E-state index contributed by atoms with van der Waals surface area (Å²) in [5, 5.41) is -0.398. The molecule has 0 radical (unpaired) electrons. The average molecular weight is 480 g/mol. The maximum absolute atomic E-state index is 13.1. The predicted octanol–water partition coefficient (Wildman–Crippen LogP) is 6.05. The summed E-state index contributed by atoms with van der Waals surface area (Å²) in [5.41, 5.74) is 1.90. The average Bonchev–Trinajstić information content (AvgIpc) is 3.12. The van der Waals surface area contributed by atoms with Crippen LogP contribution < -0.4 is 19.1 Å². The molecule has 1 aliphatic rings. The van der Waals surface area contributed by atoms with E-state index in [1.54, 1.807) is 60.7 Å². The van der Waals surface area contributed by atoms with Gasteiger partial charge >= 0.3 is 0 Å². The highest BCUT2D eigenvalue weighted by Gasteiger charge is 2.37. The van der Waals surface area contributed by atoms with Gasteiger partial charge in [-0.25, -0.2) is 9.29 Å². The minimum absolute atomic E-state index is 0.248. The quantitative estimate of drug-likeness (QED) is 0.366. The Morgan fingerprint density at radius 2 is 1.71 bits per heavy atom. The van der Waals surface area contributed by atoms with Crippen LogP contribution >= 0.6 is 11.8 Å². The Morgan fingerprint density at radius 1 is 0.941 bits per heavy atom. The number of methoxy groups -OCH3 is 1. The summed E-state index contributed by atoms with van der Waals surface area (Å²) in [6.45, 7) is 2.52. The molecule has 34 heavy (non-hydrogen) atoms. The van der Waals surface area contributed by atoms with Crippen molar-refractivity contribution in [1.82, 2.24) is 0 Å². The van der Waals surface area contributed by atoms with Crippen molar-refractivity contribution in [2.45, 2.75) is 13.5 Å². The molecule has 0 bridgehead atoms. The third-order valence-corrected chi connectivity index (χ3v) is 5.86. The van der Waals surface area contributed by atoms with E-state index in [9.17, 15) is 14.0 Å². The van der Waals surface area contributed by atoms with Crippen LogP contribution in [-0.2, 0) is 11.4 Å². The monoisotopic (exact) mass is 479 g/mol. The van der Waals surface area contributed by atoms with Crippen molar-refractivity contribution in [1.29, 1.82) is 0 Å². The molecule has 2 amide bonds. The summed E-state index contributed by atoms with van der Waals surface area (Å²) >= 11 is 0.863. The number of hydrogen-bond acceptors (Lipinski definition) is 6. The van der Waals surface area contributed by atoms with Gasteiger partial charge in [-0.2, -0.15) is 0 Å². The zero-order chi connectivity index (χ0) is 24.1. The van der Waals surface area contributed by atoms with E-state index >= 15 is 0 Å². The molecule has 1 aliphatic heterocycles. The van der Waals surface area contributed by atoms with Gasteiger partial charge in [-0.15, -0.1) is 0 Å². The van der Waals surface area contributed by atoms with Crippen LogP contribution in [0.1, 0.15) is 18.1 Å². The van der Waals surface area contributed by atoms with Crippen LogP contribution in [0.2, 0.25) is 0 Å². The number of nitrogens with zero attached hydrogens (tertiary/aromatic N) is 1. The van der Waals surface area contributed by atoms with E-state index < -0.39 is 11.1 Å². The minimum Gasteiger partial charge on any atom is -0.495 e. The van der Waals surface area contributed by atoms with E-state index in [-0.39, 0.29) is 12.4 Å². The molecule has 6 nitrogen and oxygen atoms in total. The van der Waals surface area contributed by atoms with Gasteiger partial charge in [-0.1, -0.05) is 30.3 Å². The van der Waals surface area contributed by atoms with Gasteiger partial charge in [0.05, 0.1) is 24.3 Å². The summed E-state index contributed by atoms with van der Waals surface area (Å²) in [6, 6.07) is 18.2. The molecule has 4 rings (SSSR count). The molecule has 1 saturated heterocycles. The topological polar surface area (TPSA) is 65.1 Å². The Labute approximate surface area is 200 Å². The first-order chi connectivity index (χ1) is 16.5. The number of hydrogen-bond donors (Lipinski definition) is 0. The molecule has 0 saturated carbocycles. The van der Waals surface area contributed by atoms with Gasteiger partial charge in [-0.05, 0) is 72.3 Å². The first-order valence-corrected chi connectivity index (χ1v) is 11.4. The van der Waals surface area contributed by atoms with Crippen molar-refractivity contribution in [3.63, 3.8) is 0 Å². The van der Waals surface area contributed by atoms with E-state index in [4.69, 9.17) is 14.2 Å². The molecule has 0 spiro atoms. The molecule has 0 unspecified atom stereocenters. The molecule has 8 heteroatoms. The van der Waals surface area contributed by atoms with Crippen molar-refractivity contribution in [3.8, 4) is 17.2 Å². The Bertz CT molecular complexity index is 1240. The first kappa shape index (κ1) is 23.4. The highest BCUT2D eigenvalue weighted by atomic mass is 32.2. The molecular weight excluding hydrogens is 457 g/mol. The normalized spacial score (nSPS) is 14.6. The number of carbonyl (C=O) groups excluding carboxylic acids is 2. The number of amides is 2. The van der Waals surface area contributed by atoms with E-state index in [1.807, 2.05) is 6.92 Å². The fourth-order valence-corrected chi connectivity index (χ4v) is 4.22. The number of imide groups is 1. The maximum atomic E-state index is 13.1. The molecule has 0 N–H and O–H groups in total. The second-order valence-electron chi connectivity index (χ2n) is 7.24. The van der Waals surface area contributed by atoms with Crippen molar-refractivity contribution >= 4 is 34.7 Å². The summed E-state index contributed by atoms with van der Waals surface area (Å²) in [5.74, 6) is 0.729. The zero-order valence-corrected chi connectivity index (χ0v) is 19.4. The smallest absolute Gasteiger partial charge is 0.298 e. The van der Waals surface area contributed by atoms with E-state index in [1.165, 1.54) is 19.2 Å². The first-order valence-electron chi connectivity index (χ1n) is 10.5. The van der Waals surface area contributed by atoms with Gasteiger partial charge in [0.1, 0.15) is 18.2 Å². The lowest BCUT2D eigenvalue weighted by Crippen LogP contribution is -2.28. The second-order valence-corrected chi connectivity index (χ2v) is 8.24. The number of thioether (sulfide) groups is 1. The molecule has 3 aromatic carbocycles. The number of anilines is 1. The summed E-state index contributed by atoms with van der Waals surface area (Å²) < 4.78 is 30.0. The Morgan fingerprint density at radius 3 is 2.44 bits per heavy atom. The molecule has 0 atom stereocenters. The van der Waals surface area contributed by atoms with E-state index in [2.05, 4.69) is 0 Å². The lowest BCUT2D eigenvalue weighted by atomic mass is 10.1. The third-order valence-electron chi connectivity index (χ3n) is 4.99. The number of halogens is 1.